The molecule has 3 aromatic rings. The van der Waals surface area contributed by atoms with Gasteiger partial charge in [0.2, 0.25) is 0 Å². The van der Waals surface area contributed by atoms with Crippen LogP contribution in [0.5, 0.6) is 17.2 Å². The first-order chi connectivity index (χ1) is 11.2. The first-order valence-corrected chi connectivity index (χ1v) is 7.40. The van der Waals surface area contributed by atoms with Crippen LogP contribution in [-0.2, 0) is 0 Å². The number of halogens is 1. The van der Waals surface area contributed by atoms with E-state index >= 15 is 0 Å². The third-order valence-corrected chi connectivity index (χ3v) is 3.83. The average Bonchev–Trinajstić information content (AvgIpc) is 2.60. The van der Waals surface area contributed by atoms with Crippen LogP contribution in [0.4, 0.5) is 0 Å². The molecule has 0 spiro atoms. The second kappa shape index (κ2) is 6.34. The lowest BCUT2D eigenvalue weighted by Gasteiger charge is -2.09. The van der Waals surface area contributed by atoms with Gasteiger partial charge in [-0.25, -0.2) is 0 Å². The van der Waals surface area contributed by atoms with Crippen LogP contribution in [0.25, 0.3) is 22.3 Å². The molecule has 0 unspecified atom stereocenters. The van der Waals surface area contributed by atoms with Gasteiger partial charge in [-0.3, -0.25) is 4.79 Å². The van der Waals surface area contributed by atoms with Gasteiger partial charge in [-0.05, 0) is 24.3 Å². The highest BCUT2D eigenvalue weighted by Crippen LogP contribution is 2.32. The molecule has 5 nitrogen and oxygen atoms in total. The largest absolute Gasteiger partial charge is 0.496 e. The molecule has 23 heavy (non-hydrogen) atoms. The highest BCUT2D eigenvalue weighted by Gasteiger charge is 2.13. The van der Waals surface area contributed by atoms with Crippen molar-refractivity contribution in [2.75, 3.05) is 14.2 Å². The van der Waals surface area contributed by atoms with Gasteiger partial charge in [-0.2, -0.15) is 0 Å². The summed E-state index contributed by atoms with van der Waals surface area (Å²) in [5, 5.41) is 0.387. The minimum absolute atomic E-state index is 0.179. The number of ether oxygens (including phenoxy) is 2. The standard InChI is InChI=1S/C17H13BrO5/c1-20-12-7-15(21-2)17-13(19)9-14(22-16(17)8-12)10-3-5-11(23-18)6-4-10/h3-9H,1-2H3. The fourth-order valence-corrected chi connectivity index (χ4v) is 2.54. The van der Waals surface area contributed by atoms with Gasteiger partial charge in [0.1, 0.15) is 34.0 Å². The molecule has 0 aliphatic heterocycles. The van der Waals surface area contributed by atoms with Gasteiger partial charge in [0.05, 0.1) is 14.2 Å². The summed E-state index contributed by atoms with van der Waals surface area (Å²) in [6, 6.07) is 11.9. The molecule has 0 radical (unpaired) electrons. The zero-order valence-corrected chi connectivity index (χ0v) is 14.0. The van der Waals surface area contributed by atoms with Crippen molar-refractivity contribution < 1.29 is 17.7 Å². The molecule has 0 atom stereocenters. The molecule has 0 aliphatic carbocycles. The molecule has 0 N–H and O–H groups in total. The monoisotopic (exact) mass is 376 g/mol. The van der Waals surface area contributed by atoms with Crippen LogP contribution in [0.3, 0.4) is 0 Å². The van der Waals surface area contributed by atoms with Crippen molar-refractivity contribution in [3.63, 3.8) is 0 Å². The number of fused-ring (bicyclic) bond motifs is 1. The summed E-state index contributed by atoms with van der Waals surface area (Å²) in [7, 11) is 3.04. The summed E-state index contributed by atoms with van der Waals surface area (Å²) in [4.78, 5) is 12.5. The normalized spacial score (nSPS) is 10.6. The lowest BCUT2D eigenvalue weighted by Crippen LogP contribution is -2.03. The second-order valence-electron chi connectivity index (χ2n) is 4.78. The van der Waals surface area contributed by atoms with Crippen LogP contribution in [0.2, 0.25) is 0 Å². The molecule has 2 aromatic carbocycles. The molecule has 0 aliphatic rings. The molecule has 6 heteroatoms. The van der Waals surface area contributed by atoms with Crippen molar-refractivity contribution in [3.05, 3.63) is 52.7 Å². The van der Waals surface area contributed by atoms with Gasteiger partial charge >= 0.3 is 0 Å². The predicted molar refractivity (Wildman–Crippen MR) is 90.6 cm³/mol. The van der Waals surface area contributed by atoms with Crippen molar-refractivity contribution >= 4 is 27.2 Å². The van der Waals surface area contributed by atoms with E-state index in [4.69, 9.17) is 17.7 Å². The molecule has 0 amide bonds. The van der Waals surface area contributed by atoms with Gasteiger partial charge in [0, 0.05) is 23.8 Å². The molecule has 3 rings (SSSR count). The van der Waals surface area contributed by atoms with E-state index in [9.17, 15) is 4.79 Å². The molecule has 0 fully saturated rings. The van der Waals surface area contributed by atoms with Gasteiger partial charge in [0.15, 0.2) is 21.7 Å². The Balaban J connectivity index is 2.21. The van der Waals surface area contributed by atoms with E-state index in [1.54, 1.807) is 43.5 Å². The Hall–Kier alpha value is -2.47. The van der Waals surface area contributed by atoms with Crippen molar-refractivity contribution in [1.82, 2.24) is 0 Å². The SMILES string of the molecule is COc1cc(OC)c2c(=O)cc(-c3ccc(OBr)cc3)oc2c1. The minimum Gasteiger partial charge on any atom is -0.496 e. The second-order valence-corrected chi connectivity index (χ2v) is 5.10. The fourth-order valence-electron chi connectivity index (χ4n) is 2.32. The molecule has 1 aromatic heterocycles. The first-order valence-electron chi connectivity index (χ1n) is 6.75. The molecule has 118 valence electrons. The molecule has 0 saturated heterocycles. The van der Waals surface area contributed by atoms with Crippen LogP contribution in [0.15, 0.2) is 51.7 Å². The van der Waals surface area contributed by atoms with E-state index in [1.165, 1.54) is 13.2 Å². The summed E-state index contributed by atoms with van der Waals surface area (Å²) < 4.78 is 21.3. The van der Waals surface area contributed by atoms with E-state index in [1.807, 2.05) is 0 Å². The smallest absolute Gasteiger partial charge is 0.197 e. The topological polar surface area (TPSA) is 57.9 Å². The number of rotatable bonds is 4. The summed E-state index contributed by atoms with van der Waals surface area (Å²) in [6.45, 7) is 0. The maximum Gasteiger partial charge on any atom is 0.197 e. The van der Waals surface area contributed by atoms with Crippen molar-refractivity contribution in [1.29, 1.82) is 0 Å². The minimum atomic E-state index is -0.179. The molecule has 0 bridgehead atoms. The highest BCUT2D eigenvalue weighted by atomic mass is 79.9. The maximum atomic E-state index is 12.5. The lowest BCUT2D eigenvalue weighted by molar-refractivity contribution is 0.396. The summed E-state index contributed by atoms with van der Waals surface area (Å²) in [6.07, 6.45) is 0. The summed E-state index contributed by atoms with van der Waals surface area (Å²) in [5.74, 6) is 2.08. The Labute approximate surface area is 140 Å². The summed E-state index contributed by atoms with van der Waals surface area (Å²) in [5.41, 5.74) is 0.991. The molecular formula is C17H13BrO5. The van der Waals surface area contributed by atoms with Crippen LogP contribution in [-0.4, -0.2) is 14.2 Å². The van der Waals surface area contributed by atoms with Crippen LogP contribution >= 0.6 is 16.3 Å². The predicted octanol–water partition coefficient (Wildman–Crippen LogP) is 4.17. The fraction of sp³-hybridized carbons (Fsp3) is 0.118. The highest BCUT2D eigenvalue weighted by molar-refractivity contribution is 9.06. The maximum absolute atomic E-state index is 12.5. The van der Waals surface area contributed by atoms with Crippen LogP contribution in [0.1, 0.15) is 0 Å². The number of methoxy groups -OCH3 is 2. The Morgan fingerprint density at radius 1 is 0.957 bits per heavy atom. The van der Waals surface area contributed by atoms with Gasteiger partial charge < -0.3 is 17.7 Å². The Morgan fingerprint density at radius 3 is 2.30 bits per heavy atom. The quantitative estimate of drug-likeness (QED) is 0.683. The van der Waals surface area contributed by atoms with Gasteiger partial charge in [-0.15, -0.1) is 0 Å². The zero-order chi connectivity index (χ0) is 16.4. The van der Waals surface area contributed by atoms with Gasteiger partial charge in [0.25, 0.3) is 0 Å². The molecule has 0 saturated carbocycles. The Bertz CT molecular complexity index is 899. The lowest BCUT2D eigenvalue weighted by atomic mass is 10.1. The van der Waals surface area contributed by atoms with Crippen LogP contribution < -0.4 is 18.7 Å². The molecular weight excluding hydrogens is 364 g/mol. The van der Waals surface area contributed by atoms with Crippen molar-refractivity contribution in [2.24, 2.45) is 0 Å². The van der Waals surface area contributed by atoms with Crippen molar-refractivity contribution in [2.45, 2.75) is 0 Å². The average molecular weight is 377 g/mol. The van der Waals surface area contributed by atoms with Gasteiger partial charge in [-0.1, -0.05) is 0 Å². The Kier molecular flexibility index (Phi) is 4.25. The van der Waals surface area contributed by atoms with E-state index in [2.05, 4.69) is 16.3 Å². The summed E-state index contributed by atoms with van der Waals surface area (Å²) >= 11 is 2.91. The first kappa shape index (κ1) is 15.4. The molecule has 1 heterocycles. The third kappa shape index (κ3) is 2.90. The van der Waals surface area contributed by atoms with E-state index < -0.39 is 0 Å². The van der Waals surface area contributed by atoms with Crippen molar-refractivity contribution in [3.8, 4) is 28.6 Å². The number of benzene rings is 2. The van der Waals surface area contributed by atoms with E-state index in [0.29, 0.717) is 34.0 Å². The van der Waals surface area contributed by atoms with E-state index in [0.717, 1.165) is 5.56 Å². The Morgan fingerprint density at radius 2 is 1.70 bits per heavy atom. The van der Waals surface area contributed by atoms with E-state index in [-0.39, 0.29) is 5.43 Å². The number of hydrogen-bond acceptors (Lipinski definition) is 5. The number of hydrogen-bond donors (Lipinski definition) is 0. The van der Waals surface area contributed by atoms with Crippen LogP contribution in [0, 0.1) is 0 Å². The zero-order valence-electron chi connectivity index (χ0n) is 12.5. The third-order valence-electron chi connectivity index (χ3n) is 3.45.